The number of fused-ring (bicyclic) bond motifs is 1. The van der Waals surface area contributed by atoms with Gasteiger partial charge in [-0.15, -0.1) is 0 Å². The summed E-state index contributed by atoms with van der Waals surface area (Å²) in [5.74, 6) is 0.218. The first kappa shape index (κ1) is 41.4. The number of aromatic nitrogens is 1. The molecule has 0 bridgehead atoms. The minimum atomic E-state index is -4.06. The number of amides is 1. The van der Waals surface area contributed by atoms with E-state index < -0.39 is 39.0 Å². The van der Waals surface area contributed by atoms with Crippen molar-refractivity contribution in [3.05, 3.63) is 30.0 Å². The first-order valence-corrected chi connectivity index (χ1v) is 19.9. The molecule has 2 aromatic rings. The molecule has 0 saturated carbocycles. The molecule has 1 aliphatic heterocycles. The predicted octanol–water partition coefficient (Wildman–Crippen LogP) is 6.69. The van der Waals surface area contributed by atoms with Gasteiger partial charge in [0, 0.05) is 37.0 Å². The number of phosphoric ester groups is 1. The maximum absolute atomic E-state index is 13.9. The largest absolute Gasteiger partial charge is 0.530 e. The fourth-order valence-electron chi connectivity index (χ4n) is 5.99. The molecule has 280 valence electrons. The Kier molecular flexibility index (Phi) is 19.8. The van der Waals surface area contributed by atoms with Gasteiger partial charge in [-0.1, -0.05) is 90.4 Å². The van der Waals surface area contributed by atoms with Gasteiger partial charge in [-0.3, -0.25) is 13.8 Å². The molecular weight excluding hydrogens is 651 g/mol. The van der Waals surface area contributed by atoms with Gasteiger partial charge in [-0.25, -0.2) is 4.57 Å². The quantitative estimate of drug-likeness (QED) is 0.0497. The minimum Gasteiger partial charge on any atom is -0.404 e. The first-order chi connectivity index (χ1) is 23.7. The molecule has 12 nitrogen and oxygen atoms in total. The highest BCUT2D eigenvalue weighted by atomic mass is 31.2. The number of H-pyrrole nitrogens is 1. The number of carbonyl (C=O) groups is 1. The lowest BCUT2D eigenvalue weighted by molar-refractivity contribution is -0.257. The van der Waals surface area contributed by atoms with Crippen LogP contribution >= 0.6 is 7.82 Å². The van der Waals surface area contributed by atoms with Crippen molar-refractivity contribution < 1.29 is 47.7 Å². The Morgan fingerprint density at radius 2 is 1.57 bits per heavy atom. The van der Waals surface area contributed by atoms with Crippen molar-refractivity contribution in [2.45, 2.75) is 141 Å². The van der Waals surface area contributed by atoms with Gasteiger partial charge in [0.25, 0.3) is 0 Å². The molecule has 1 saturated heterocycles. The Morgan fingerprint density at radius 3 is 2.20 bits per heavy atom. The van der Waals surface area contributed by atoms with Crippen LogP contribution in [0.25, 0.3) is 10.9 Å². The van der Waals surface area contributed by atoms with Crippen LogP contribution in [-0.4, -0.2) is 83.8 Å². The van der Waals surface area contributed by atoms with E-state index in [1.807, 2.05) is 12.3 Å². The van der Waals surface area contributed by atoms with Crippen molar-refractivity contribution in [3.8, 4) is 5.75 Å². The lowest BCUT2D eigenvalue weighted by atomic mass is 10.0. The molecule has 1 amide bonds. The zero-order valence-corrected chi connectivity index (χ0v) is 30.5. The van der Waals surface area contributed by atoms with Crippen molar-refractivity contribution >= 4 is 24.6 Å². The molecule has 13 heteroatoms. The second-order valence-electron chi connectivity index (χ2n) is 13.0. The molecule has 0 aliphatic carbocycles. The van der Waals surface area contributed by atoms with Crippen molar-refractivity contribution in [2.75, 3.05) is 33.0 Å². The van der Waals surface area contributed by atoms with E-state index in [-0.39, 0.29) is 32.1 Å². The highest BCUT2D eigenvalue weighted by Crippen LogP contribution is 2.50. The molecular formula is C36H61N2O10P. The number of aromatic amines is 1. The lowest BCUT2D eigenvalue weighted by Crippen LogP contribution is -2.50. The Hall–Kier alpha value is -2.02. The normalized spacial score (nSPS) is 20.8. The summed E-state index contributed by atoms with van der Waals surface area (Å²) >= 11 is 0. The number of aliphatic hydroxyl groups excluding tert-OH is 3. The van der Waals surface area contributed by atoms with Crippen molar-refractivity contribution in [2.24, 2.45) is 0 Å². The first-order valence-electron chi connectivity index (χ1n) is 18.4. The molecule has 2 heterocycles. The van der Waals surface area contributed by atoms with Crippen LogP contribution in [0.2, 0.25) is 0 Å². The number of rotatable bonds is 27. The van der Waals surface area contributed by atoms with Crippen LogP contribution in [0.1, 0.15) is 116 Å². The molecule has 5 unspecified atom stereocenters. The number of carbonyl (C=O) groups excluding carboxylic acids is 1. The van der Waals surface area contributed by atoms with E-state index in [4.69, 9.17) is 23.0 Å². The monoisotopic (exact) mass is 712 g/mol. The number of phosphoric acid groups is 1. The summed E-state index contributed by atoms with van der Waals surface area (Å²) in [4.78, 5) is 14.5. The van der Waals surface area contributed by atoms with Crippen molar-refractivity contribution in [1.82, 2.24) is 10.3 Å². The summed E-state index contributed by atoms with van der Waals surface area (Å²) in [7, 11) is -4.06. The van der Waals surface area contributed by atoms with E-state index in [2.05, 4.69) is 17.2 Å². The molecule has 0 radical (unpaired) electrons. The zero-order chi connectivity index (χ0) is 35.3. The van der Waals surface area contributed by atoms with E-state index in [1.165, 1.54) is 77.6 Å². The summed E-state index contributed by atoms with van der Waals surface area (Å²) in [6.07, 6.45) is 15.5. The van der Waals surface area contributed by atoms with Crippen LogP contribution in [0.15, 0.2) is 24.4 Å². The number of ether oxygens (including phenoxy) is 2. The molecule has 0 spiro atoms. The molecule has 1 fully saturated rings. The van der Waals surface area contributed by atoms with Crippen LogP contribution in [-0.2, 0) is 34.3 Å². The molecule has 3 rings (SSSR count). The Bertz CT molecular complexity index is 1240. The standard InChI is InChI=1S/C36H61N2O10P/c1-3-4-5-6-7-8-9-10-11-12-13-14-15-16-21-45-49(43,46-23-22-44-35-25-33(41)36(42)34(27-39)47-35)48-30-17-18-32-31(24-30)29(26-38-32)19-20-37-28(2)40/h17-18,24,26,33-36,38-39,41-42H,3-16,19-23,25,27H2,1-2H3,(H,37,40). The molecule has 1 aromatic carbocycles. The number of unbranched alkanes of at least 4 members (excludes halogenated alkanes) is 13. The van der Waals surface area contributed by atoms with Gasteiger partial charge in [0.2, 0.25) is 5.91 Å². The van der Waals surface area contributed by atoms with E-state index >= 15 is 0 Å². The van der Waals surface area contributed by atoms with Crippen LogP contribution in [0, 0.1) is 0 Å². The fourth-order valence-corrected chi connectivity index (χ4v) is 7.19. The van der Waals surface area contributed by atoms with Crippen LogP contribution in [0.5, 0.6) is 5.75 Å². The molecule has 49 heavy (non-hydrogen) atoms. The van der Waals surface area contributed by atoms with Crippen LogP contribution in [0.4, 0.5) is 0 Å². The maximum atomic E-state index is 13.9. The molecule has 1 aromatic heterocycles. The summed E-state index contributed by atoms with van der Waals surface area (Å²) < 4.78 is 42.3. The molecule has 5 N–H and O–H groups in total. The lowest BCUT2D eigenvalue weighted by Gasteiger charge is -2.36. The Morgan fingerprint density at radius 1 is 0.939 bits per heavy atom. The summed E-state index contributed by atoms with van der Waals surface area (Å²) in [5, 5.41) is 33.1. The number of benzene rings is 1. The van der Waals surface area contributed by atoms with Crippen LogP contribution in [0.3, 0.4) is 0 Å². The van der Waals surface area contributed by atoms with Gasteiger partial charge < -0.3 is 39.6 Å². The second kappa shape index (κ2) is 23.5. The average molecular weight is 713 g/mol. The maximum Gasteiger partial charge on any atom is 0.530 e. The fraction of sp³-hybridized carbons (Fsp3) is 0.750. The average Bonchev–Trinajstić information content (AvgIpc) is 3.48. The summed E-state index contributed by atoms with van der Waals surface area (Å²) in [6.45, 7) is 3.75. The van der Waals surface area contributed by atoms with E-state index in [0.717, 1.165) is 29.3 Å². The minimum absolute atomic E-state index is 0.0163. The smallest absolute Gasteiger partial charge is 0.404 e. The van der Waals surface area contributed by atoms with Gasteiger partial charge in [0.05, 0.1) is 32.5 Å². The van der Waals surface area contributed by atoms with E-state index in [0.29, 0.717) is 25.1 Å². The highest BCUT2D eigenvalue weighted by molar-refractivity contribution is 7.48. The number of aliphatic hydroxyl groups is 3. The third-order valence-corrected chi connectivity index (χ3v) is 10.3. The van der Waals surface area contributed by atoms with Crippen LogP contribution < -0.4 is 9.84 Å². The van der Waals surface area contributed by atoms with Crippen molar-refractivity contribution in [1.29, 1.82) is 0 Å². The zero-order valence-electron chi connectivity index (χ0n) is 29.6. The Labute approximate surface area is 292 Å². The number of hydrogen-bond acceptors (Lipinski definition) is 10. The predicted molar refractivity (Wildman–Crippen MR) is 189 cm³/mol. The van der Waals surface area contributed by atoms with E-state index in [1.54, 1.807) is 12.1 Å². The summed E-state index contributed by atoms with van der Waals surface area (Å²) in [5.41, 5.74) is 1.85. The Balaban J connectivity index is 1.46. The third-order valence-electron chi connectivity index (χ3n) is 8.82. The summed E-state index contributed by atoms with van der Waals surface area (Å²) in [6, 6.07) is 5.29. The third kappa shape index (κ3) is 15.8. The molecule has 1 aliphatic rings. The second-order valence-corrected chi connectivity index (χ2v) is 14.6. The van der Waals surface area contributed by atoms with Gasteiger partial charge in [-0.2, -0.15) is 0 Å². The van der Waals surface area contributed by atoms with Gasteiger partial charge in [-0.05, 0) is 36.6 Å². The molecule has 5 atom stereocenters. The number of hydrogen-bond donors (Lipinski definition) is 5. The van der Waals surface area contributed by atoms with Crippen molar-refractivity contribution in [3.63, 3.8) is 0 Å². The SMILES string of the molecule is CCCCCCCCCCCCCCCCOP(=O)(OCCOC1CC(O)C(O)C(CO)O1)Oc1ccc2[nH]cc(CCNC(C)=O)c2c1. The topological polar surface area (TPSA) is 169 Å². The van der Waals surface area contributed by atoms with Gasteiger partial charge in [0.15, 0.2) is 6.29 Å². The van der Waals surface area contributed by atoms with E-state index in [9.17, 15) is 24.7 Å². The highest BCUT2D eigenvalue weighted by Gasteiger charge is 2.37. The van der Waals surface area contributed by atoms with Gasteiger partial charge in [0.1, 0.15) is 18.0 Å². The number of nitrogens with one attached hydrogen (secondary N) is 2. The van der Waals surface area contributed by atoms with Gasteiger partial charge >= 0.3 is 7.82 Å².